The van der Waals surface area contributed by atoms with E-state index in [0.29, 0.717) is 5.41 Å². The van der Waals surface area contributed by atoms with Crippen LogP contribution in [0.3, 0.4) is 0 Å². The molecule has 1 aliphatic rings. The van der Waals surface area contributed by atoms with Crippen molar-refractivity contribution in [3.05, 3.63) is 11.9 Å². The van der Waals surface area contributed by atoms with Gasteiger partial charge in [-0.15, -0.1) is 0 Å². The van der Waals surface area contributed by atoms with Crippen LogP contribution in [-0.4, -0.2) is 16.1 Å². The summed E-state index contributed by atoms with van der Waals surface area (Å²) in [7, 11) is 0. The highest BCUT2D eigenvalue weighted by Crippen LogP contribution is 2.39. The fourth-order valence-corrected chi connectivity index (χ4v) is 2.76. The molecule has 1 heterocycles. The van der Waals surface area contributed by atoms with Crippen molar-refractivity contribution in [3.63, 3.8) is 0 Å². The van der Waals surface area contributed by atoms with Gasteiger partial charge in [-0.25, -0.2) is 4.98 Å². The predicted molar refractivity (Wildman–Crippen MR) is 67.7 cm³/mol. The van der Waals surface area contributed by atoms with E-state index in [1.54, 1.807) is 0 Å². The zero-order valence-electron chi connectivity index (χ0n) is 10.7. The quantitative estimate of drug-likeness (QED) is 0.846. The summed E-state index contributed by atoms with van der Waals surface area (Å²) in [6, 6.07) is 0. The molecule has 0 unspecified atom stereocenters. The SMILES string of the molecule is CCNc1nc(C)cn1CC1(C)CCCC1. The highest BCUT2D eigenvalue weighted by Gasteiger charge is 2.29. The maximum absolute atomic E-state index is 4.53. The molecule has 0 saturated heterocycles. The smallest absolute Gasteiger partial charge is 0.203 e. The van der Waals surface area contributed by atoms with E-state index in [4.69, 9.17) is 0 Å². The van der Waals surface area contributed by atoms with Crippen molar-refractivity contribution >= 4 is 5.95 Å². The summed E-state index contributed by atoms with van der Waals surface area (Å²) in [6.45, 7) is 8.63. The largest absolute Gasteiger partial charge is 0.356 e. The third kappa shape index (κ3) is 2.39. The van der Waals surface area contributed by atoms with Crippen LogP contribution in [0.5, 0.6) is 0 Å². The van der Waals surface area contributed by atoms with Gasteiger partial charge in [0.1, 0.15) is 0 Å². The standard InChI is InChI=1S/C13H23N3/c1-4-14-12-15-11(2)9-16(12)10-13(3)7-5-6-8-13/h9H,4-8,10H2,1-3H3,(H,14,15). The predicted octanol–water partition coefficient (Wildman–Crippen LogP) is 3.20. The Kier molecular flexibility index (Phi) is 3.22. The van der Waals surface area contributed by atoms with E-state index in [-0.39, 0.29) is 0 Å². The minimum absolute atomic E-state index is 0.483. The Hall–Kier alpha value is -0.990. The van der Waals surface area contributed by atoms with Gasteiger partial charge in [0.25, 0.3) is 0 Å². The fraction of sp³-hybridized carbons (Fsp3) is 0.769. The molecule has 1 saturated carbocycles. The molecule has 1 N–H and O–H groups in total. The van der Waals surface area contributed by atoms with E-state index < -0.39 is 0 Å². The normalized spacial score (nSPS) is 18.9. The number of hydrogen-bond donors (Lipinski definition) is 1. The van der Waals surface area contributed by atoms with Crippen LogP contribution in [0.15, 0.2) is 6.20 Å². The minimum atomic E-state index is 0.483. The number of imidazole rings is 1. The molecule has 3 nitrogen and oxygen atoms in total. The van der Waals surface area contributed by atoms with Gasteiger partial charge in [0.2, 0.25) is 5.95 Å². The van der Waals surface area contributed by atoms with Crippen LogP contribution in [0.1, 0.15) is 45.2 Å². The average Bonchev–Trinajstić information content (AvgIpc) is 2.76. The number of nitrogens with zero attached hydrogens (tertiary/aromatic N) is 2. The van der Waals surface area contributed by atoms with E-state index in [1.165, 1.54) is 25.7 Å². The molecule has 0 spiro atoms. The summed E-state index contributed by atoms with van der Waals surface area (Å²) < 4.78 is 2.30. The van der Waals surface area contributed by atoms with Crippen LogP contribution < -0.4 is 5.32 Å². The number of nitrogens with one attached hydrogen (secondary N) is 1. The summed E-state index contributed by atoms with van der Waals surface area (Å²) in [5, 5.41) is 3.34. The molecule has 3 heteroatoms. The molecule has 1 aliphatic carbocycles. The summed E-state index contributed by atoms with van der Waals surface area (Å²) in [5.41, 5.74) is 1.59. The van der Waals surface area contributed by atoms with Crippen LogP contribution in [-0.2, 0) is 6.54 Å². The first kappa shape index (κ1) is 11.5. The molecule has 0 amide bonds. The molecule has 1 aromatic heterocycles. The van der Waals surface area contributed by atoms with Gasteiger partial charge in [0.15, 0.2) is 0 Å². The second-order valence-electron chi connectivity index (χ2n) is 5.38. The molecule has 0 atom stereocenters. The van der Waals surface area contributed by atoms with Gasteiger partial charge in [0.05, 0.1) is 5.69 Å². The first-order chi connectivity index (χ1) is 7.63. The van der Waals surface area contributed by atoms with Gasteiger partial charge < -0.3 is 9.88 Å². The lowest BCUT2D eigenvalue weighted by atomic mass is 9.89. The molecular formula is C13H23N3. The lowest BCUT2D eigenvalue weighted by Crippen LogP contribution is -2.20. The van der Waals surface area contributed by atoms with E-state index in [9.17, 15) is 0 Å². The maximum atomic E-state index is 4.53. The summed E-state index contributed by atoms with van der Waals surface area (Å²) >= 11 is 0. The zero-order chi connectivity index (χ0) is 11.6. The Morgan fingerprint density at radius 2 is 2.12 bits per heavy atom. The highest BCUT2D eigenvalue weighted by atomic mass is 15.2. The monoisotopic (exact) mass is 221 g/mol. The van der Waals surface area contributed by atoms with Gasteiger partial charge >= 0.3 is 0 Å². The first-order valence-corrected chi connectivity index (χ1v) is 6.41. The van der Waals surface area contributed by atoms with E-state index in [2.05, 4.69) is 41.8 Å². The topological polar surface area (TPSA) is 29.9 Å². The van der Waals surface area contributed by atoms with Gasteiger partial charge in [-0.2, -0.15) is 0 Å². The van der Waals surface area contributed by atoms with E-state index in [0.717, 1.165) is 24.7 Å². The van der Waals surface area contributed by atoms with Crippen LogP contribution in [0.25, 0.3) is 0 Å². The van der Waals surface area contributed by atoms with Crippen molar-refractivity contribution in [2.24, 2.45) is 5.41 Å². The van der Waals surface area contributed by atoms with Crippen molar-refractivity contribution in [2.75, 3.05) is 11.9 Å². The molecule has 90 valence electrons. The fourth-order valence-electron chi connectivity index (χ4n) is 2.76. The van der Waals surface area contributed by atoms with Gasteiger partial charge in [-0.1, -0.05) is 19.8 Å². The Balaban J connectivity index is 2.13. The van der Waals surface area contributed by atoms with Crippen molar-refractivity contribution in [1.29, 1.82) is 0 Å². The number of aryl methyl sites for hydroxylation is 1. The molecule has 16 heavy (non-hydrogen) atoms. The Bertz CT molecular complexity index is 348. The van der Waals surface area contributed by atoms with Crippen LogP contribution >= 0.6 is 0 Å². The van der Waals surface area contributed by atoms with Crippen LogP contribution in [0, 0.1) is 12.3 Å². The lowest BCUT2D eigenvalue weighted by Gasteiger charge is -2.24. The van der Waals surface area contributed by atoms with Crippen molar-refractivity contribution in [1.82, 2.24) is 9.55 Å². The van der Waals surface area contributed by atoms with Crippen molar-refractivity contribution in [3.8, 4) is 0 Å². The van der Waals surface area contributed by atoms with Gasteiger partial charge in [-0.3, -0.25) is 0 Å². The molecule has 0 aromatic carbocycles. The van der Waals surface area contributed by atoms with Gasteiger partial charge in [0, 0.05) is 19.3 Å². The van der Waals surface area contributed by atoms with Crippen LogP contribution in [0.2, 0.25) is 0 Å². The highest BCUT2D eigenvalue weighted by molar-refractivity contribution is 5.28. The summed E-state index contributed by atoms with van der Waals surface area (Å²) in [5.74, 6) is 1.04. The molecule has 0 radical (unpaired) electrons. The van der Waals surface area contributed by atoms with Crippen molar-refractivity contribution < 1.29 is 0 Å². The lowest BCUT2D eigenvalue weighted by molar-refractivity contribution is 0.283. The molecule has 1 aromatic rings. The zero-order valence-corrected chi connectivity index (χ0v) is 10.7. The number of aromatic nitrogens is 2. The number of rotatable bonds is 4. The number of hydrogen-bond acceptors (Lipinski definition) is 2. The maximum Gasteiger partial charge on any atom is 0.203 e. The Labute approximate surface area is 98.3 Å². The Morgan fingerprint density at radius 1 is 1.44 bits per heavy atom. The van der Waals surface area contributed by atoms with E-state index in [1.807, 2.05) is 0 Å². The van der Waals surface area contributed by atoms with Gasteiger partial charge in [-0.05, 0) is 32.1 Å². The molecular weight excluding hydrogens is 198 g/mol. The van der Waals surface area contributed by atoms with Crippen molar-refractivity contribution in [2.45, 2.75) is 53.0 Å². The summed E-state index contributed by atoms with van der Waals surface area (Å²) in [6.07, 6.45) is 7.66. The minimum Gasteiger partial charge on any atom is -0.356 e. The Morgan fingerprint density at radius 3 is 2.75 bits per heavy atom. The number of anilines is 1. The molecule has 1 fully saturated rings. The second kappa shape index (κ2) is 4.48. The second-order valence-corrected chi connectivity index (χ2v) is 5.38. The first-order valence-electron chi connectivity index (χ1n) is 6.41. The molecule has 2 rings (SSSR count). The molecule has 0 aliphatic heterocycles. The van der Waals surface area contributed by atoms with Crippen LogP contribution in [0.4, 0.5) is 5.95 Å². The summed E-state index contributed by atoms with van der Waals surface area (Å²) in [4.78, 5) is 4.53. The third-order valence-corrected chi connectivity index (χ3v) is 3.59. The molecule has 0 bridgehead atoms. The average molecular weight is 221 g/mol. The van der Waals surface area contributed by atoms with E-state index >= 15 is 0 Å². The third-order valence-electron chi connectivity index (χ3n) is 3.59.